The Balaban J connectivity index is 2.42. The highest BCUT2D eigenvalue weighted by atomic mass is 14.8. The van der Waals surface area contributed by atoms with E-state index in [1.54, 1.807) is 12.4 Å². The molecule has 0 aliphatic rings. The normalized spacial score (nSPS) is 12.6. The lowest BCUT2D eigenvalue weighted by atomic mass is 10.0. The Morgan fingerprint density at radius 3 is 2.73 bits per heavy atom. The zero-order chi connectivity index (χ0) is 10.7. The van der Waals surface area contributed by atoms with Gasteiger partial charge in [0.15, 0.2) is 0 Å². The fourth-order valence-electron chi connectivity index (χ4n) is 1.53. The second-order valence-corrected chi connectivity index (χ2v) is 3.44. The highest BCUT2D eigenvalue weighted by Crippen LogP contribution is 2.18. The molecule has 2 aromatic rings. The van der Waals surface area contributed by atoms with Gasteiger partial charge in [-0.15, -0.1) is 6.58 Å². The van der Waals surface area contributed by atoms with Crippen molar-refractivity contribution in [2.24, 2.45) is 5.73 Å². The van der Waals surface area contributed by atoms with Crippen LogP contribution in [0.5, 0.6) is 0 Å². The van der Waals surface area contributed by atoms with E-state index >= 15 is 0 Å². The lowest BCUT2D eigenvalue weighted by molar-refractivity contribution is 0.742. The predicted molar refractivity (Wildman–Crippen MR) is 61.3 cm³/mol. The molecule has 1 aromatic carbocycles. The van der Waals surface area contributed by atoms with Crippen LogP contribution >= 0.6 is 0 Å². The Hall–Kier alpha value is -1.74. The van der Waals surface area contributed by atoms with E-state index in [9.17, 15) is 0 Å². The maximum atomic E-state index is 5.98. The number of hydrogen-bond donors (Lipinski definition) is 1. The second kappa shape index (κ2) is 4.19. The zero-order valence-corrected chi connectivity index (χ0v) is 8.43. The fourth-order valence-corrected chi connectivity index (χ4v) is 1.53. The molecule has 15 heavy (non-hydrogen) atoms. The van der Waals surface area contributed by atoms with Crippen LogP contribution in [-0.4, -0.2) is 9.97 Å². The van der Waals surface area contributed by atoms with Crippen molar-refractivity contribution in [3.8, 4) is 0 Å². The molecule has 2 rings (SSSR count). The molecule has 1 heterocycles. The van der Waals surface area contributed by atoms with Crippen molar-refractivity contribution < 1.29 is 0 Å². The van der Waals surface area contributed by atoms with Crippen LogP contribution in [0.25, 0.3) is 11.0 Å². The van der Waals surface area contributed by atoms with Crippen molar-refractivity contribution in [1.82, 2.24) is 9.97 Å². The van der Waals surface area contributed by atoms with Crippen molar-refractivity contribution >= 4 is 11.0 Å². The number of benzene rings is 1. The number of nitrogens with two attached hydrogens (primary N) is 1. The molecule has 0 saturated heterocycles. The highest BCUT2D eigenvalue weighted by molar-refractivity contribution is 5.74. The van der Waals surface area contributed by atoms with Crippen molar-refractivity contribution in [3.05, 3.63) is 48.8 Å². The summed E-state index contributed by atoms with van der Waals surface area (Å²) in [5.74, 6) is 0. The minimum Gasteiger partial charge on any atom is -0.324 e. The van der Waals surface area contributed by atoms with Gasteiger partial charge in [-0.3, -0.25) is 9.97 Å². The molecule has 0 fully saturated rings. The van der Waals surface area contributed by atoms with Gasteiger partial charge in [-0.25, -0.2) is 0 Å². The molecule has 0 unspecified atom stereocenters. The molecule has 0 aliphatic heterocycles. The van der Waals surface area contributed by atoms with Gasteiger partial charge in [0.1, 0.15) is 0 Å². The molecule has 0 spiro atoms. The van der Waals surface area contributed by atoms with Gasteiger partial charge in [0.05, 0.1) is 11.0 Å². The summed E-state index contributed by atoms with van der Waals surface area (Å²) < 4.78 is 0. The van der Waals surface area contributed by atoms with Crippen LogP contribution in [0.3, 0.4) is 0 Å². The lowest BCUT2D eigenvalue weighted by Gasteiger charge is -2.09. The Morgan fingerprint density at radius 1 is 1.27 bits per heavy atom. The summed E-state index contributed by atoms with van der Waals surface area (Å²) in [6, 6.07) is 5.91. The van der Waals surface area contributed by atoms with Gasteiger partial charge in [-0.2, -0.15) is 0 Å². The third kappa shape index (κ3) is 2.02. The summed E-state index contributed by atoms with van der Waals surface area (Å²) in [7, 11) is 0. The van der Waals surface area contributed by atoms with E-state index in [2.05, 4.69) is 16.5 Å². The van der Waals surface area contributed by atoms with E-state index in [-0.39, 0.29) is 6.04 Å². The Labute approximate surface area is 88.7 Å². The molecule has 2 N–H and O–H groups in total. The maximum absolute atomic E-state index is 5.98. The van der Waals surface area contributed by atoms with E-state index in [1.807, 2.05) is 24.3 Å². The average Bonchev–Trinajstić information content (AvgIpc) is 2.29. The van der Waals surface area contributed by atoms with Crippen molar-refractivity contribution in [3.63, 3.8) is 0 Å². The first kappa shape index (κ1) is 9.80. The van der Waals surface area contributed by atoms with Gasteiger partial charge < -0.3 is 5.73 Å². The van der Waals surface area contributed by atoms with Gasteiger partial charge >= 0.3 is 0 Å². The van der Waals surface area contributed by atoms with Gasteiger partial charge in [0.2, 0.25) is 0 Å². The van der Waals surface area contributed by atoms with E-state index in [0.717, 1.165) is 23.0 Å². The van der Waals surface area contributed by atoms with Crippen molar-refractivity contribution in [1.29, 1.82) is 0 Å². The summed E-state index contributed by atoms with van der Waals surface area (Å²) in [5, 5.41) is 0. The molecule has 3 heteroatoms. The molecule has 0 aliphatic carbocycles. The largest absolute Gasteiger partial charge is 0.324 e. The SMILES string of the molecule is C=CC[C@H](N)c1ccc2nccnc2c1. The molecule has 76 valence electrons. The van der Waals surface area contributed by atoms with E-state index in [0.29, 0.717) is 0 Å². The standard InChI is InChI=1S/C12H13N3/c1-2-3-10(13)9-4-5-11-12(8-9)15-7-6-14-11/h2,4-8,10H,1,3,13H2/t10-/m0/s1. The number of fused-ring (bicyclic) bond motifs is 1. The van der Waals surface area contributed by atoms with Crippen LogP contribution in [0.4, 0.5) is 0 Å². The quantitative estimate of drug-likeness (QED) is 0.771. The smallest absolute Gasteiger partial charge is 0.0890 e. The third-order valence-corrected chi connectivity index (χ3v) is 2.34. The minimum atomic E-state index is -0.00564. The van der Waals surface area contributed by atoms with Gasteiger partial charge in [0.25, 0.3) is 0 Å². The molecule has 3 nitrogen and oxygen atoms in total. The van der Waals surface area contributed by atoms with E-state index < -0.39 is 0 Å². The lowest BCUT2D eigenvalue weighted by Crippen LogP contribution is -2.08. The Morgan fingerprint density at radius 2 is 2.00 bits per heavy atom. The van der Waals surface area contributed by atoms with Crippen LogP contribution in [-0.2, 0) is 0 Å². The number of rotatable bonds is 3. The average molecular weight is 199 g/mol. The van der Waals surface area contributed by atoms with Crippen molar-refractivity contribution in [2.45, 2.75) is 12.5 Å². The van der Waals surface area contributed by atoms with Gasteiger partial charge in [0, 0.05) is 18.4 Å². The first-order valence-electron chi connectivity index (χ1n) is 4.88. The predicted octanol–water partition coefficient (Wildman–Crippen LogP) is 2.21. The molecule has 1 aromatic heterocycles. The summed E-state index contributed by atoms with van der Waals surface area (Å²) >= 11 is 0. The van der Waals surface area contributed by atoms with E-state index in [1.165, 1.54) is 0 Å². The summed E-state index contributed by atoms with van der Waals surface area (Å²) in [6.45, 7) is 3.68. The van der Waals surface area contributed by atoms with E-state index in [4.69, 9.17) is 5.73 Å². The number of nitrogens with zero attached hydrogens (tertiary/aromatic N) is 2. The minimum absolute atomic E-state index is 0.00564. The Bertz CT molecular complexity index is 479. The first-order valence-corrected chi connectivity index (χ1v) is 4.88. The molecular weight excluding hydrogens is 186 g/mol. The van der Waals surface area contributed by atoms with Crippen LogP contribution < -0.4 is 5.73 Å². The summed E-state index contributed by atoms with van der Waals surface area (Å²) in [6.07, 6.45) is 5.97. The maximum Gasteiger partial charge on any atom is 0.0890 e. The Kier molecular flexibility index (Phi) is 2.74. The van der Waals surface area contributed by atoms with Gasteiger partial charge in [-0.05, 0) is 24.1 Å². The van der Waals surface area contributed by atoms with Crippen LogP contribution in [0.2, 0.25) is 0 Å². The third-order valence-electron chi connectivity index (χ3n) is 2.34. The summed E-state index contributed by atoms with van der Waals surface area (Å²) in [4.78, 5) is 8.44. The zero-order valence-electron chi connectivity index (χ0n) is 8.43. The monoisotopic (exact) mass is 199 g/mol. The molecule has 0 bridgehead atoms. The fraction of sp³-hybridized carbons (Fsp3) is 0.167. The highest BCUT2D eigenvalue weighted by Gasteiger charge is 2.05. The van der Waals surface area contributed by atoms with Crippen LogP contribution in [0.1, 0.15) is 18.0 Å². The molecule has 0 saturated carbocycles. The van der Waals surface area contributed by atoms with Gasteiger partial charge in [-0.1, -0.05) is 12.1 Å². The van der Waals surface area contributed by atoms with Crippen molar-refractivity contribution in [2.75, 3.05) is 0 Å². The molecule has 0 radical (unpaired) electrons. The molecular formula is C12H13N3. The molecule has 0 amide bonds. The number of aromatic nitrogens is 2. The first-order chi connectivity index (χ1) is 7.31. The topological polar surface area (TPSA) is 51.8 Å². The van der Waals surface area contributed by atoms with Crippen LogP contribution in [0, 0.1) is 0 Å². The molecule has 1 atom stereocenters. The summed E-state index contributed by atoms with van der Waals surface area (Å²) in [5.41, 5.74) is 8.83. The van der Waals surface area contributed by atoms with Crippen LogP contribution in [0.15, 0.2) is 43.2 Å². The second-order valence-electron chi connectivity index (χ2n) is 3.44. The number of hydrogen-bond acceptors (Lipinski definition) is 3.